The van der Waals surface area contributed by atoms with Crippen molar-refractivity contribution in [2.45, 2.75) is 23.8 Å². The number of hydrogen-bond acceptors (Lipinski definition) is 5. The van der Waals surface area contributed by atoms with Crippen LogP contribution in [0.3, 0.4) is 0 Å². The van der Waals surface area contributed by atoms with E-state index in [1.807, 2.05) is 37.3 Å². The van der Waals surface area contributed by atoms with Gasteiger partial charge < -0.3 is 4.74 Å². The summed E-state index contributed by atoms with van der Waals surface area (Å²) in [6.07, 6.45) is 1.73. The van der Waals surface area contributed by atoms with Crippen LogP contribution < -0.4 is 0 Å². The van der Waals surface area contributed by atoms with Crippen LogP contribution in [0, 0.1) is 13.8 Å². The van der Waals surface area contributed by atoms with Gasteiger partial charge in [0.25, 0.3) is 0 Å². The first kappa shape index (κ1) is 21.4. The number of esters is 1. The molecule has 4 nitrogen and oxygen atoms in total. The Morgan fingerprint density at radius 3 is 2.48 bits per heavy atom. The van der Waals surface area contributed by atoms with Gasteiger partial charge in [0.2, 0.25) is 5.90 Å². The van der Waals surface area contributed by atoms with Crippen LogP contribution in [0.15, 0.2) is 93.4 Å². The number of rotatable bonds is 4. The van der Waals surface area contributed by atoms with E-state index in [-0.39, 0.29) is 11.6 Å². The first-order valence-electron chi connectivity index (χ1n) is 10.4. The molecule has 0 bridgehead atoms. The van der Waals surface area contributed by atoms with E-state index in [4.69, 9.17) is 21.3 Å². The van der Waals surface area contributed by atoms with E-state index >= 15 is 0 Å². The van der Waals surface area contributed by atoms with E-state index in [9.17, 15) is 4.79 Å². The molecule has 6 heteroatoms. The lowest BCUT2D eigenvalue weighted by Crippen LogP contribution is -2.05. The third-order valence-corrected chi connectivity index (χ3v) is 6.57. The number of nitrogens with zero attached hydrogens (tertiary/aromatic N) is 2. The third-order valence-electron chi connectivity index (χ3n) is 5.22. The predicted molar refractivity (Wildman–Crippen MR) is 134 cm³/mol. The fourth-order valence-corrected chi connectivity index (χ4v) is 4.60. The molecule has 0 radical (unpaired) electrons. The number of cyclic esters (lactones) is 1. The Hall–Kier alpha value is -3.41. The van der Waals surface area contributed by atoms with Gasteiger partial charge in [-0.05, 0) is 62.4 Å². The molecule has 5 rings (SSSR count). The highest BCUT2D eigenvalue weighted by atomic mass is 35.5. The van der Waals surface area contributed by atoms with Crippen molar-refractivity contribution in [2.24, 2.45) is 4.99 Å². The fraction of sp³-hybridized carbons (Fsp3) is 0.0741. The van der Waals surface area contributed by atoms with Gasteiger partial charge in [-0.3, -0.25) is 0 Å². The summed E-state index contributed by atoms with van der Waals surface area (Å²) in [6, 6.07) is 23.6. The van der Waals surface area contributed by atoms with Gasteiger partial charge in [-0.2, -0.15) is 0 Å². The predicted octanol–water partition coefficient (Wildman–Crippen LogP) is 7.00. The number of fused-ring (bicyclic) bond motifs is 1. The number of benzene rings is 3. The van der Waals surface area contributed by atoms with E-state index in [0.717, 1.165) is 32.0 Å². The van der Waals surface area contributed by atoms with Crippen LogP contribution in [-0.4, -0.2) is 16.9 Å². The molecule has 33 heavy (non-hydrogen) atoms. The molecule has 2 heterocycles. The van der Waals surface area contributed by atoms with E-state index in [1.165, 1.54) is 5.56 Å². The average molecular weight is 471 g/mol. The van der Waals surface area contributed by atoms with Crippen molar-refractivity contribution >= 4 is 52.2 Å². The summed E-state index contributed by atoms with van der Waals surface area (Å²) in [5.41, 5.74) is 4.82. The second-order valence-electron chi connectivity index (χ2n) is 7.81. The van der Waals surface area contributed by atoms with Crippen LogP contribution >= 0.6 is 23.4 Å². The summed E-state index contributed by atoms with van der Waals surface area (Å²) in [4.78, 5) is 23.0. The molecule has 0 saturated heterocycles. The molecule has 1 aromatic heterocycles. The number of ether oxygens (including phenoxy) is 1. The largest absolute Gasteiger partial charge is 0.402 e. The molecule has 0 unspecified atom stereocenters. The summed E-state index contributed by atoms with van der Waals surface area (Å²) in [5.74, 6) is -0.310. The van der Waals surface area contributed by atoms with Crippen LogP contribution in [-0.2, 0) is 9.53 Å². The van der Waals surface area contributed by atoms with Gasteiger partial charge >= 0.3 is 5.97 Å². The first-order chi connectivity index (χ1) is 16.0. The van der Waals surface area contributed by atoms with Gasteiger partial charge in [-0.25, -0.2) is 14.8 Å². The number of carbonyl (C=O) groups is 1. The van der Waals surface area contributed by atoms with Gasteiger partial charge in [0.15, 0.2) is 5.70 Å². The summed E-state index contributed by atoms with van der Waals surface area (Å²) in [7, 11) is 0. The van der Waals surface area contributed by atoms with Crippen LogP contribution in [0.5, 0.6) is 0 Å². The Morgan fingerprint density at radius 1 is 0.939 bits per heavy atom. The lowest BCUT2D eigenvalue weighted by atomic mass is 10.1. The second-order valence-corrected chi connectivity index (χ2v) is 9.28. The highest BCUT2D eigenvalue weighted by Gasteiger charge is 2.26. The summed E-state index contributed by atoms with van der Waals surface area (Å²) < 4.78 is 5.42. The van der Waals surface area contributed by atoms with Crippen molar-refractivity contribution in [1.82, 2.24) is 4.98 Å². The number of aliphatic imine (C=N–C) groups is 1. The second kappa shape index (κ2) is 8.85. The van der Waals surface area contributed by atoms with Gasteiger partial charge in [-0.1, -0.05) is 64.8 Å². The summed E-state index contributed by atoms with van der Waals surface area (Å²) >= 11 is 7.81. The Bertz CT molecular complexity index is 1460. The monoisotopic (exact) mass is 470 g/mol. The Kier molecular flexibility index (Phi) is 5.75. The zero-order valence-corrected chi connectivity index (χ0v) is 19.6. The minimum atomic E-state index is -0.513. The molecule has 4 aromatic rings. The maximum absolute atomic E-state index is 12.6. The highest BCUT2D eigenvalue weighted by molar-refractivity contribution is 7.99. The Labute approximate surface area is 201 Å². The standard InChI is InChI=1S/C27H19ClN2O2S/c1-16-7-10-20(11-8-16)33-26-19(14-18-13-17(2)9-12-23(18)30-26)15-24-27(31)32-25(29-24)21-5-3-4-6-22(21)28/h3-15H,1-2H3. The van der Waals surface area contributed by atoms with Crippen molar-refractivity contribution < 1.29 is 9.53 Å². The molecule has 1 aliphatic heterocycles. The van der Waals surface area contributed by atoms with Crippen molar-refractivity contribution in [3.05, 3.63) is 106 Å². The molecule has 1 aliphatic rings. The molecule has 3 aromatic carbocycles. The molecular formula is C27H19ClN2O2S. The van der Waals surface area contributed by atoms with Crippen LogP contribution in [0.2, 0.25) is 5.02 Å². The number of aromatic nitrogens is 1. The van der Waals surface area contributed by atoms with Crippen molar-refractivity contribution in [3.63, 3.8) is 0 Å². The van der Waals surface area contributed by atoms with Crippen LogP contribution in [0.25, 0.3) is 17.0 Å². The maximum Gasteiger partial charge on any atom is 0.363 e. The van der Waals surface area contributed by atoms with Crippen molar-refractivity contribution in [2.75, 3.05) is 0 Å². The molecule has 0 saturated carbocycles. The molecule has 162 valence electrons. The van der Waals surface area contributed by atoms with Gasteiger partial charge in [0.05, 0.1) is 16.1 Å². The minimum Gasteiger partial charge on any atom is -0.402 e. The maximum atomic E-state index is 12.6. The van der Waals surface area contributed by atoms with Gasteiger partial charge in [0, 0.05) is 15.8 Å². The van der Waals surface area contributed by atoms with Gasteiger partial charge in [-0.15, -0.1) is 0 Å². The normalized spacial score (nSPS) is 14.6. The first-order valence-corrected chi connectivity index (χ1v) is 11.6. The quantitative estimate of drug-likeness (QED) is 0.238. The molecule has 0 N–H and O–H groups in total. The number of carbonyl (C=O) groups excluding carboxylic acids is 1. The van der Waals surface area contributed by atoms with Gasteiger partial charge in [0.1, 0.15) is 5.03 Å². The van der Waals surface area contributed by atoms with E-state index < -0.39 is 5.97 Å². The minimum absolute atomic E-state index is 0.203. The zero-order valence-electron chi connectivity index (χ0n) is 18.0. The molecule has 0 fully saturated rings. The molecule has 0 atom stereocenters. The van der Waals surface area contributed by atoms with E-state index in [2.05, 4.69) is 42.2 Å². The number of halogens is 1. The smallest absolute Gasteiger partial charge is 0.363 e. The Balaban J connectivity index is 1.61. The molecular weight excluding hydrogens is 452 g/mol. The van der Waals surface area contributed by atoms with Crippen molar-refractivity contribution in [1.29, 1.82) is 0 Å². The van der Waals surface area contributed by atoms with Crippen LogP contribution in [0.1, 0.15) is 22.3 Å². The number of pyridine rings is 1. The van der Waals surface area contributed by atoms with E-state index in [0.29, 0.717) is 10.6 Å². The van der Waals surface area contributed by atoms with Crippen LogP contribution in [0.4, 0.5) is 0 Å². The van der Waals surface area contributed by atoms with E-state index in [1.54, 1.807) is 30.0 Å². The average Bonchev–Trinajstić information content (AvgIpc) is 3.16. The zero-order chi connectivity index (χ0) is 22.9. The fourth-order valence-electron chi connectivity index (χ4n) is 3.50. The summed E-state index contributed by atoms with van der Waals surface area (Å²) in [5, 5.41) is 2.26. The molecule has 0 spiro atoms. The third kappa shape index (κ3) is 4.56. The number of hydrogen-bond donors (Lipinski definition) is 0. The molecule has 0 aliphatic carbocycles. The topological polar surface area (TPSA) is 51.6 Å². The molecule has 0 amide bonds. The van der Waals surface area contributed by atoms with Crippen molar-refractivity contribution in [3.8, 4) is 0 Å². The highest BCUT2D eigenvalue weighted by Crippen LogP contribution is 2.34. The lowest BCUT2D eigenvalue weighted by Gasteiger charge is -2.09. The SMILES string of the molecule is Cc1ccc(Sc2nc3ccc(C)cc3cc2C=C2N=C(c3ccccc3Cl)OC2=O)cc1. The lowest BCUT2D eigenvalue weighted by molar-refractivity contribution is -0.129. The number of aryl methyl sites for hydroxylation is 2. The Morgan fingerprint density at radius 2 is 1.70 bits per heavy atom. The summed E-state index contributed by atoms with van der Waals surface area (Å²) in [6.45, 7) is 4.10.